The standard InChI is InChI=1S/C13H20N2O/c1-8-6-9(2)11(4)13(10(8)3)15(5)7-12(14)16/h6H,7H2,1-5H3,(H2,14,16). The molecule has 1 rings (SSSR count). The fraction of sp³-hybridized carbons (Fsp3) is 0.462. The number of likely N-dealkylation sites (N-methyl/N-ethyl adjacent to an activating group) is 1. The van der Waals surface area contributed by atoms with Crippen molar-refractivity contribution < 1.29 is 4.79 Å². The summed E-state index contributed by atoms with van der Waals surface area (Å²) in [5, 5.41) is 0. The number of nitrogens with two attached hydrogens (primary N) is 1. The highest BCUT2D eigenvalue weighted by Crippen LogP contribution is 2.29. The number of anilines is 1. The minimum absolute atomic E-state index is 0.255. The second-order valence-corrected chi connectivity index (χ2v) is 4.43. The van der Waals surface area contributed by atoms with Gasteiger partial charge in [-0.15, -0.1) is 0 Å². The van der Waals surface area contributed by atoms with Crippen LogP contribution in [0.1, 0.15) is 22.3 Å². The van der Waals surface area contributed by atoms with Crippen LogP contribution in [0, 0.1) is 27.7 Å². The topological polar surface area (TPSA) is 46.3 Å². The molecule has 0 bridgehead atoms. The van der Waals surface area contributed by atoms with Gasteiger partial charge in [0, 0.05) is 12.7 Å². The summed E-state index contributed by atoms with van der Waals surface area (Å²) in [7, 11) is 1.90. The minimum atomic E-state index is -0.305. The summed E-state index contributed by atoms with van der Waals surface area (Å²) >= 11 is 0. The van der Waals surface area contributed by atoms with E-state index in [-0.39, 0.29) is 12.5 Å². The highest BCUT2D eigenvalue weighted by atomic mass is 16.1. The quantitative estimate of drug-likeness (QED) is 0.845. The molecular weight excluding hydrogens is 200 g/mol. The van der Waals surface area contributed by atoms with Crippen LogP contribution in [0.15, 0.2) is 6.07 Å². The number of hydrogen-bond donors (Lipinski definition) is 1. The van der Waals surface area contributed by atoms with E-state index in [1.54, 1.807) is 0 Å². The normalized spacial score (nSPS) is 10.3. The number of benzene rings is 1. The third kappa shape index (κ3) is 2.35. The van der Waals surface area contributed by atoms with Crippen molar-refractivity contribution in [1.29, 1.82) is 0 Å². The van der Waals surface area contributed by atoms with Gasteiger partial charge in [-0.05, 0) is 49.9 Å². The molecule has 3 nitrogen and oxygen atoms in total. The molecule has 1 aromatic carbocycles. The molecule has 1 amide bonds. The number of primary amides is 1. The van der Waals surface area contributed by atoms with Crippen LogP contribution in [0.25, 0.3) is 0 Å². The number of rotatable bonds is 3. The van der Waals surface area contributed by atoms with Crippen LogP contribution in [-0.2, 0) is 4.79 Å². The van der Waals surface area contributed by atoms with Crippen LogP contribution < -0.4 is 10.6 Å². The van der Waals surface area contributed by atoms with Gasteiger partial charge in [0.05, 0.1) is 6.54 Å². The van der Waals surface area contributed by atoms with Crippen molar-refractivity contribution in [3.63, 3.8) is 0 Å². The van der Waals surface area contributed by atoms with Crippen LogP contribution >= 0.6 is 0 Å². The van der Waals surface area contributed by atoms with Gasteiger partial charge in [-0.1, -0.05) is 6.07 Å². The molecule has 0 aromatic heterocycles. The molecule has 88 valence electrons. The lowest BCUT2D eigenvalue weighted by atomic mass is 9.98. The lowest BCUT2D eigenvalue weighted by molar-refractivity contribution is -0.116. The first-order valence-corrected chi connectivity index (χ1v) is 5.41. The maximum atomic E-state index is 11.0. The van der Waals surface area contributed by atoms with Crippen LogP contribution in [0.5, 0.6) is 0 Å². The average molecular weight is 220 g/mol. The molecule has 0 saturated heterocycles. The fourth-order valence-corrected chi connectivity index (χ4v) is 2.08. The number of carbonyl (C=O) groups is 1. The van der Waals surface area contributed by atoms with E-state index in [2.05, 4.69) is 33.8 Å². The van der Waals surface area contributed by atoms with Crippen molar-refractivity contribution in [1.82, 2.24) is 0 Å². The molecule has 0 heterocycles. The molecule has 3 heteroatoms. The molecule has 0 saturated carbocycles. The summed E-state index contributed by atoms with van der Waals surface area (Å²) in [5.74, 6) is -0.305. The predicted octanol–water partition coefficient (Wildman–Crippen LogP) is 1.84. The lowest BCUT2D eigenvalue weighted by Crippen LogP contribution is -2.31. The van der Waals surface area contributed by atoms with Crippen LogP contribution in [-0.4, -0.2) is 19.5 Å². The number of hydrogen-bond acceptors (Lipinski definition) is 2. The smallest absolute Gasteiger partial charge is 0.236 e. The molecule has 1 aromatic rings. The van der Waals surface area contributed by atoms with E-state index in [4.69, 9.17) is 5.73 Å². The molecular formula is C13H20N2O. The molecule has 16 heavy (non-hydrogen) atoms. The first kappa shape index (κ1) is 12.6. The van der Waals surface area contributed by atoms with E-state index < -0.39 is 0 Å². The summed E-state index contributed by atoms with van der Waals surface area (Å²) < 4.78 is 0. The van der Waals surface area contributed by atoms with Crippen molar-refractivity contribution in [2.45, 2.75) is 27.7 Å². The maximum Gasteiger partial charge on any atom is 0.236 e. The Morgan fingerprint density at radius 2 is 1.62 bits per heavy atom. The zero-order chi connectivity index (χ0) is 12.5. The number of nitrogens with zero attached hydrogens (tertiary/aromatic N) is 1. The summed E-state index contributed by atoms with van der Waals surface area (Å²) in [6.07, 6.45) is 0. The molecule has 0 fully saturated rings. The zero-order valence-electron chi connectivity index (χ0n) is 10.7. The summed E-state index contributed by atoms with van der Waals surface area (Å²) in [6.45, 7) is 8.58. The van der Waals surface area contributed by atoms with Crippen molar-refractivity contribution in [3.8, 4) is 0 Å². The molecule has 0 aliphatic heterocycles. The fourth-order valence-electron chi connectivity index (χ4n) is 2.08. The van der Waals surface area contributed by atoms with Crippen molar-refractivity contribution in [3.05, 3.63) is 28.3 Å². The summed E-state index contributed by atoms with van der Waals surface area (Å²) in [6, 6.07) is 2.17. The Bertz CT molecular complexity index is 398. The van der Waals surface area contributed by atoms with Crippen LogP contribution in [0.4, 0.5) is 5.69 Å². The first-order chi connectivity index (χ1) is 7.34. The third-order valence-corrected chi connectivity index (χ3v) is 3.10. The van der Waals surface area contributed by atoms with Gasteiger partial charge >= 0.3 is 0 Å². The van der Waals surface area contributed by atoms with E-state index >= 15 is 0 Å². The van der Waals surface area contributed by atoms with E-state index in [1.165, 1.54) is 22.3 Å². The molecule has 0 radical (unpaired) electrons. The van der Waals surface area contributed by atoms with Gasteiger partial charge in [0.15, 0.2) is 0 Å². The molecule has 0 unspecified atom stereocenters. The Morgan fingerprint density at radius 1 is 1.19 bits per heavy atom. The van der Waals surface area contributed by atoms with E-state index in [1.807, 2.05) is 11.9 Å². The largest absolute Gasteiger partial charge is 0.368 e. The Balaban J connectivity index is 3.26. The second kappa shape index (κ2) is 4.56. The molecule has 0 atom stereocenters. The van der Waals surface area contributed by atoms with Crippen molar-refractivity contribution >= 4 is 11.6 Å². The van der Waals surface area contributed by atoms with Crippen LogP contribution in [0.2, 0.25) is 0 Å². The Labute approximate surface area is 97.2 Å². The highest BCUT2D eigenvalue weighted by molar-refractivity contribution is 5.80. The van der Waals surface area contributed by atoms with Gasteiger partial charge in [0.1, 0.15) is 0 Å². The third-order valence-electron chi connectivity index (χ3n) is 3.10. The number of aryl methyl sites for hydroxylation is 2. The van der Waals surface area contributed by atoms with Crippen LogP contribution in [0.3, 0.4) is 0 Å². The Kier molecular flexibility index (Phi) is 3.58. The lowest BCUT2D eigenvalue weighted by Gasteiger charge is -2.24. The summed E-state index contributed by atoms with van der Waals surface area (Å²) in [4.78, 5) is 12.9. The van der Waals surface area contributed by atoms with E-state index in [0.717, 1.165) is 5.69 Å². The Morgan fingerprint density at radius 3 is 2.00 bits per heavy atom. The van der Waals surface area contributed by atoms with E-state index in [9.17, 15) is 4.79 Å². The van der Waals surface area contributed by atoms with Crippen molar-refractivity contribution in [2.75, 3.05) is 18.5 Å². The van der Waals surface area contributed by atoms with Gasteiger partial charge in [0.2, 0.25) is 5.91 Å². The van der Waals surface area contributed by atoms with Gasteiger partial charge in [-0.2, -0.15) is 0 Å². The average Bonchev–Trinajstić information content (AvgIpc) is 2.14. The van der Waals surface area contributed by atoms with Gasteiger partial charge in [-0.25, -0.2) is 0 Å². The van der Waals surface area contributed by atoms with Gasteiger partial charge in [-0.3, -0.25) is 4.79 Å². The predicted molar refractivity (Wildman–Crippen MR) is 67.9 cm³/mol. The molecule has 2 N–H and O–H groups in total. The monoisotopic (exact) mass is 220 g/mol. The molecule has 0 aliphatic carbocycles. The highest BCUT2D eigenvalue weighted by Gasteiger charge is 2.13. The zero-order valence-corrected chi connectivity index (χ0v) is 10.7. The Hall–Kier alpha value is -1.51. The van der Waals surface area contributed by atoms with Crippen molar-refractivity contribution in [2.24, 2.45) is 5.73 Å². The molecule has 0 aliphatic rings. The SMILES string of the molecule is Cc1cc(C)c(C)c(N(C)CC(N)=O)c1C. The summed E-state index contributed by atoms with van der Waals surface area (Å²) in [5.41, 5.74) is 11.3. The number of amides is 1. The first-order valence-electron chi connectivity index (χ1n) is 5.41. The van der Waals surface area contributed by atoms with Gasteiger partial charge < -0.3 is 10.6 Å². The maximum absolute atomic E-state index is 11.0. The molecule has 0 spiro atoms. The second-order valence-electron chi connectivity index (χ2n) is 4.43. The van der Waals surface area contributed by atoms with Gasteiger partial charge in [0.25, 0.3) is 0 Å². The number of carbonyl (C=O) groups excluding carboxylic acids is 1. The minimum Gasteiger partial charge on any atom is -0.368 e. The van der Waals surface area contributed by atoms with E-state index in [0.29, 0.717) is 0 Å².